The summed E-state index contributed by atoms with van der Waals surface area (Å²) in [4.78, 5) is 23.4. The van der Waals surface area contributed by atoms with Crippen molar-refractivity contribution in [1.29, 1.82) is 0 Å². The zero-order chi connectivity index (χ0) is 18.8. The molecule has 1 N–H and O–H groups in total. The van der Waals surface area contributed by atoms with Gasteiger partial charge in [0.15, 0.2) is 6.61 Å². The van der Waals surface area contributed by atoms with Gasteiger partial charge in [0.25, 0.3) is 5.91 Å². The van der Waals surface area contributed by atoms with E-state index in [0.29, 0.717) is 5.75 Å². The summed E-state index contributed by atoms with van der Waals surface area (Å²) in [5, 5.41) is 2.35. The number of rotatable bonds is 9. The summed E-state index contributed by atoms with van der Waals surface area (Å²) in [5.41, 5.74) is 0.0567. The second-order valence-corrected chi connectivity index (χ2v) is 5.00. The summed E-state index contributed by atoms with van der Waals surface area (Å²) >= 11 is 0. The van der Waals surface area contributed by atoms with Gasteiger partial charge in [-0.05, 0) is 24.3 Å². The smallest absolute Gasteiger partial charge is 0.387 e. The number of para-hydroxylation sites is 3. The first kappa shape index (κ1) is 19.2. The molecule has 26 heavy (non-hydrogen) atoms. The van der Waals surface area contributed by atoms with Crippen LogP contribution in [0.5, 0.6) is 11.5 Å². The van der Waals surface area contributed by atoms with Crippen molar-refractivity contribution in [3.05, 3.63) is 54.6 Å². The number of benzene rings is 2. The van der Waals surface area contributed by atoms with Crippen molar-refractivity contribution in [1.82, 2.24) is 0 Å². The SMILES string of the molecule is O=C(COC(=O)CCOc1ccccc1)Nc1ccccc1OC(F)F. The maximum Gasteiger partial charge on any atom is 0.387 e. The van der Waals surface area contributed by atoms with Crippen LogP contribution in [0.4, 0.5) is 14.5 Å². The minimum Gasteiger partial charge on any atom is -0.493 e. The Hall–Kier alpha value is -3.16. The number of hydrogen-bond donors (Lipinski definition) is 1. The zero-order valence-electron chi connectivity index (χ0n) is 13.7. The summed E-state index contributed by atoms with van der Waals surface area (Å²) in [5.74, 6) is -0.854. The van der Waals surface area contributed by atoms with Gasteiger partial charge < -0.3 is 19.5 Å². The summed E-state index contributed by atoms with van der Waals surface area (Å²) in [7, 11) is 0. The average molecular weight is 365 g/mol. The van der Waals surface area contributed by atoms with Gasteiger partial charge in [-0.15, -0.1) is 0 Å². The van der Waals surface area contributed by atoms with Gasteiger partial charge in [-0.1, -0.05) is 30.3 Å². The van der Waals surface area contributed by atoms with E-state index in [0.717, 1.165) is 0 Å². The van der Waals surface area contributed by atoms with Gasteiger partial charge in [0.2, 0.25) is 0 Å². The number of anilines is 1. The van der Waals surface area contributed by atoms with Crippen LogP contribution in [0.25, 0.3) is 0 Å². The molecular weight excluding hydrogens is 348 g/mol. The molecule has 0 atom stereocenters. The fourth-order valence-electron chi connectivity index (χ4n) is 1.94. The molecule has 0 aliphatic rings. The van der Waals surface area contributed by atoms with Crippen LogP contribution in [0.3, 0.4) is 0 Å². The summed E-state index contributed by atoms with van der Waals surface area (Å²) in [6.45, 7) is -3.46. The van der Waals surface area contributed by atoms with Crippen LogP contribution in [0, 0.1) is 0 Å². The molecule has 138 valence electrons. The number of carbonyl (C=O) groups is 2. The van der Waals surface area contributed by atoms with E-state index < -0.39 is 25.1 Å². The number of carbonyl (C=O) groups excluding carboxylic acids is 2. The van der Waals surface area contributed by atoms with Crippen LogP contribution >= 0.6 is 0 Å². The van der Waals surface area contributed by atoms with Gasteiger partial charge >= 0.3 is 12.6 Å². The highest BCUT2D eigenvalue weighted by Crippen LogP contribution is 2.25. The highest BCUT2D eigenvalue weighted by atomic mass is 19.3. The number of ether oxygens (including phenoxy) is 3. The Balaban J connectivity index is 1.72. The third-order valence-electron chi connectivity index (χ3n) is 3.06. The summed E-state index contributed by atoms with van der Waals surface area (Å²) < 4.78 is 39.1. The van der Waals surface area contributed by atoms with E-state index in [2.05, 4.69) is 10.1 Å². The minimum atomic E-state index is -3.02. The molecule has 8 heteroatoms. The number of alkyl halides is 2. The molecule has 2 aromatic rings. The first-order valence-corrected chi connectivity index (χ1v) is 7.72. The van der Waals surface area contributed by atoms with Crippen LogP contribution in [0.2, 0.25) is 0 Å². The summed E-state index contributed by atoms with van der Waals surface area (Å²) in [6.07, 6.45) is -0.0345. The van der Waals surface area contributed by atoms with E-state index >= 15 is 0 Å². The van der Waals surface area contributed by atoms with Crippen molar-refractivity contribution in [2.24, 2.45) is 0 Å². The van der Waals surface area contributed by atoms with Crippen molar-refractivity contribution in [3.8, 4) is 11.5 Å². The fourth-order valence-corrected chi connectivity index (χ4v) is 1.94. The molecule has 0 saturated heterocycles. The quantitative estimate of drug-likeness (QED) is 0.691. The minimum absolute atomic E-state index is 0.0345. The van der Waals surface area contributed by atoms with E-state index in [1.54, 1.807) is 30.3 Å². The molecule has 0 aromatic heterocycles. The highest BCUT2D eigenvalue weighted by Gasteiger charge is 2.13. The fraction of sp³-hybridized carbons (Fsp3) is 0.222. The lowest BCUT2D eigenvalue weighted by atomic mass is 10.3. The Morgan fingerprint density at radius 2 is 1.69 bits per heavy atom. The van der Waals surface area contributed by atoms with Crippen molar-refractivity contribution in [3.63, 3.8) is 0 Å². The van der Waals surface area contributed by atoms with Gasteiger partial charge in [-0.3, -0.25) is 9.59 Å². The van der Waals surface area contributed by atoms with Crippen molar-refractivity contribution in [2.75, 3.05) is 18.5 Å². The lowest BCUT2D eigenvalue weighted by molar-refractivity contribution is -0.147. The molecule has 0 radical (unpaired) electrons. The Labute approximate surface area is 148 Å². The first-order valence-electron chi connectivity index (χ1n) is 7.72. The molecule has 0 fully saturated rings. The van der Waals surface area contributed by atoms with Gasteiger partial charge in [0.1, 0.15) is 11.5 Å². The first-order chi connectivity index (χ1) is 12.5. The molecule has 2 rings (SSSR count). The highest BCUT2D eigenvalue weighted by molar-refractivity contribution is 5.94. The standard InChI is InChI=1S/C18H17F2NO5/c19-18(20)26-15-9-5-4-8-14(15)21-16(22)12-25-17(23)10-11-24-13-6-2-1-3-7-13/h1-9,18H,10-12H2,(H,21,22). The zero-order valence-corrected chi connectivity index (χ0v) is 13.7. The van der Waals surface area contributed by atoms with Crippen molar-refractivity contribution < 1.29 is 32.6 Å². The molecule has 0 spiro atoms. The van der Waals surface area contributed by atoms with E-state index in [1.807, 2.05) is 6.07 Å². The second kappa shape index (κ2) is 9.97. The predicted octanol–water partition coefficient (Wildman–Crippen LogP) is 3.24. The number of hydrogen-bond acceptors (Lipinski definition) is 5. The molecule has 2 aromatic carbocycles. The van der Waals surface area contributed by atoms with E-state index in [4.69, 9.17) is 9.47 Å². The van der Waals surface area contributed by atoms with E-state index in [1.165, 1.54) is 18.2 Å². The third-order valence-corrected chi connectivity index (χ3v) is 3.06. The molecule has 0 unspecified atom stereocenters. The predicted molar refractivity (Wildman–Crippen MR) is 89.2 cm³/mol. The molecule has 1 amide bonds. The third kappa shape index (κ3) is 6.76. The Morgan fingerprint density at radius 1 is 1.00 bits per heavy atom. The average Bonchev–Trinajstić information content (AvgIpc) is 2.62. The number of amides is 1. The molecular formula is C18H17F2NO5. The monoisotopic (exact) mass is 365 g/mol. The Kier molecular flexibility index (Phi) is 7.35. The molecule has 0 aliphatic carbocycles. The number of esters is 1. The number of halogens is 2. The van der Waals surface area contributed by atoms with E-state index in [-0.39, 0.29) is 24.5 Å². The topological polar surface area (TPSA) is 73.9 Å². The van der Waals surface area contributed by atoms with Gasteiger partial charge in [0, 0.05) is 0 Å². The van der Waals surface area contributed by atoms with Crippen molar-refractivity contribution in [2.45, 2.75) is 13.0 Å². The maximum atomic E-state index is 12.3. The van der Waals surface area contributed by atoms with Crippen LogP contribution in [-0.2, 0) is 14.3 Å². The lowest BCUT2D eigenvalue weighted by Crippen LogP contribution is -2.22. The molecule has 0 saturated carbocycles. The molecule has 0 bridgehead atoms. The lowest BCUT2D eigenvalue weighted by Gasteiger charge is -2.11. The second-order valence-electron chi connectivity index (χ2n) is 5.00. The molecule has 0 heterocycles. The Morgan fingerprint density at radius 3 is 2.42 bits per heavy atom. The van der Waals surface area contributed by atoms with E-state index in [9.17, 15) is 18.4 Å². The Bertz CT molecular complexity index is 725. The van der Waals surface area contributed by atoms with Crippen LogP contribution < -0.4 is 14.8 Å². The van der Waals surface area contributed by atoms with Gasteiger partial charge in [-0.25, -0.2) is 0 Å². The maximum absolute atomic E-state index is 12.3. The van der Waals surface area contributed by atoms with Crippen LogP contribution in [-0.4, -0.2) is 31.7 Å². The van der Waals surface area contributed by atoms with Crippen LogP contribution in [0.15, 0.2) is 54.6 Å². The van der Waals surface area contributed by atoms with Crippen LogP contribution in [0.1, 0.15) is 6.42 Å². The van der Waals surface area contributed by atoms with Gasteiger partial charge in [-0.2, -0.15) is 8.78 Å². The summed E-state index contributed by atoms with van der Waals surface area (Å²) in [6, 6.07) is 14.6. The molecule has 6 nitrogen and oxygen atoms in total. The largest absolute Gasteiger partial charge is 0.493 e. The number of nitrogens with one attached hydrogen (secondary N) is 1. The van der Waals surface area contributed by atoms with Crippen molar-refractivity contribution >= 4 is 17.6 Å². The normalized spacial score (nSPS) is 10.3. The van der Waals surface area contributed by atoms with Gasteiger partial charge in [0.05, 0.1) is 18.7 Å². The molecule has 0 aliphatic heterocycles.